The number of carbonyl (C=O) groups is 1. The van der Waals surface area contributed by atoms with Gasteiger partial charge in [-0.05, 0) is 78.9 Å². The molecule has 0 unspecified atom stereocenters. The van der Waals surface area contributed by atoms with Gasteiger partial charge in [0.25, 0.3) is 5.91 Å². The molecule has 0 radical (unpaired) electrons. The molecule has 0 aliphatic carbocycles. The lowest BCUT2D eigenvalue weighted by molar-refractivity contribution is -0.137. The number of nitrogens with one attached hydrogen (secondary N) is 1. The van der Waals surface area contributed by atoms with E-state index in [2.05, 4.69) is 15.3 Å². The number of benzene rings is 3. The number of amides is 1. The normalized spacial score (nSPS) is 14.3. The Morgan fingerprint density at radius 3 is 2.53 bits per heavy atom. The maximum atomic E-state index is 13.8. The molecule has 2 aromatic heterocycles. The first kappa shape index (κ1) is 28.2. The van der Waals surface area contributed by atoms with Crippen LogP contribution in [-0.4, -0.2) is 44.7 Å². The molecule has 1 amide bonds. The number of rotatable bonds is 5. The highest BCUT2D eigenvalue weighted by atomic mass is 19.4. The molecule has 0 saturated carbocycles. The molecule has 0 atom stereocenters. The van der Waals surface area contributed by atoms with E-state index < -0.39 is 23.8 Å². The Balaban J connectivity index is 1.31. The molecule has 1 fully saturated rings. The average Bonchev–Trinajstić information content (AvgIpc) is 3.41. The minimum absolute atomic E-state index is 0.0959. The van der Waals surface area contributed by atoms with Gasteiger partial charge in [0.2, 0.25) is 0 Å². The van der Waals surface area contributed by atoms with E-state index >= 15 is 0 Å². The minimum Gasteiger partial charge on any atom is -0.393 e. The fourth-order valence-electron chi connectivity index (χ4n) is 5.42. The maximum Gasteiger partial charge on any atom is 0.416 e. The second-order valence-corrected chi connectivity index (χ2v) is 10.7. The van der Waals surface area contributed by atoms with Crippen molar-refractivity contribution in [2.45, 2.75) is 32.0 Å². The Kier molecular flexibility index (Phi) is 7.26. The highest BCUT2D eigenvalue weighted by molar-refractivity contribution is 6.05. The van der Waals surface area contributed by atoms with Crippen molar-refractivity contribution in [2.24, 2.45) is 0 Å². The van der Waals surface area contributed by atoms with E-state index in [9.17, 15) is 23.1 Å². The number of carbonyl (C=O) groups excluding carboxylic acids is 1. The summed E-state index contributed by atoms with van der Waals surface area (Å²) in [5, 5.41) is 13.6. The first-order chi connectivity index (χ1) is 20.5. The van der Waals surface area contributed by atoms with E-state index in [1.165, 1.54) is 12.4 Å². The summed E-state index contributed by atoms with van der Waals surface area (Å²) in [6, 6.07) is 18.4. The number of aryl methyl sites for hydroxylation is 1. The van der Waals surface area contributed by atoms with Crippen LogP contribution in [0, 0.1) is 6.92 Å². The highest BCUT2D eigenvalue weighted by Crippen LogP contribution is 2.35. The van der Waals surface area contributed by atoms with Crippen molar-refractivity contribution >= 4 is 34.0 Å². The zero-order valence-corrected chi connectivity index (χ0v) is 23.3. The van der Waals surface area contributed by atoms with E-state index in [4.69, 9.17) is 5.73 Å². The maximum absolute atomic E-state index is 13.8. The van der Waals surface area contributed by atoms with Gasteiger partial charge >= 0.3 is 6.18 Å². The summed E-state index contributed by atoms with van der Waals surface area (Å²) >= 11 is 0. The van der Waals surface area contributed by atoms with Gasteiger partial charge in [0.1, 0.15) is 18.0 Å². The number of anilines is 3. The largest absolute Gasteiger partial charge is 0.416 e. The third-order valence-electron chi connectivity index (χ3n) is 7.76. The van der Waals surface area contributed by atoms with Gasteiger partial charge in [-0.2, -0.15) is 13.2 Å². The van der Waals surface area contributed by atoms with E-state index in [-0.39, 0.29) is 5.56 Å². The number of piperidine rings is 1. The predicted molar refractivity (Wildman–Crippen MR) is 160 cm³/mol. The number of hydrogen-bond donors (Lipinski definition) is 3. The number of nitrogen functional groups attached to an aromatic ring is 1. The topological polar surface area (TPSA) is 109 Å². The van der Waals surface area contributed by atoms with Crippen molar-refractivity contribution in [3.8, 4) is 16.9 Å². The van der Waals surface area contributed by atoms with Crippen molar-refractivity contribution in [3.63, 3.8) is 0 Å². The lowest BCUT2D eigenvalue weighted by atomic mass is 9.98. The SMILES string of the molecule is Cc1ccc(NC(=O)c2cc(N3CCC(O)CC3)cc(C(F)(F)F)c2)cc1-c1ccc2ccn(-c3cc(N)ncn3)c2c1. The third kappa shape index (κ3) is 5.89. The summed E-state index contributed by atoms with van der Waals surface area (Å²) in [4.78, 5) is 23.4. The number of nitrogens with two attached hydrogens (primary N) is 1. The Labute approximate surface area is 245 Å². The summed E-state index contributed by atoms with van der Waals surface area (Å²) in [6.45, 7) is 2.76. The minimum atomic E-state index is -4.62. The first-order valence-electron chi connectivity index (χ1n) is 13.8. The number of nitrogens with zero attached hydrogens (tertiary/aromatic N) is 4. The molecule has 4 N–H and O–H groups in total. The number of hydrogen-bond acceptors (Lipinski definition) is 6. The summed E-state index contributed by atoms with van der Waals surface area (Å²) in [5.41, 5.74) is 9.21. The highest BCUT2D eigenvalue weighted by Gasteiger charge is 2.33. The van der Waals surface area contributed by atoms with Gasteiger partial charge in [-0.15, -0.1) is 0 Å². The van der Waals surface area contributed by atoms with Crippen molar-refractivity contribution in [3.05, 3.63) is 95.9 Å². The molecule has 5 aromatic rings. The Morgan fingerprint density at radius 2 is 1.79 bits per heavy atom. The van der Waals surface area contributed by atoms with Crippen LogP contribution in [0.15, 0.2) is 79.3 Å². The van der Waals surface area contributed by atoms with E-state index in [0.29, 0.717) is 48.9 Å². The predicted octanol–water partition coefficient (Wildman–Crippen LogP) is 6.21. The fourth-order valence-corrected chi connectivity index (χ4v) is 5.42. The van der Waals surface area contributed by atoms with Gasteiger partial charge in [0.15, 0.2) is 0 Å². The molecule has 43 heavy (non-hydrogen) atoms. The number of aliphatic hydroxyl groups excluding tert-OH is 1. The van der Waals surface area contributed by atoms with Crippen LogP contribution >= 0.6 is 0 Å². The number of aromatic nitrogens is 3. The number of aliphatic hydroxyl groups is 1. The van der Waals surface area contributed by atoms with E-state index in [1.807, 2.05) is 54.1 Å². The Bertz CT molecular complexity index is 1830. The van der Waals surface area contributed by atoms with Crippen molar-refractivity contribution in [1.29, 1.82) is 0 Å². The van der Waals surface area contributed by atoms with Crippen LogP contribution in [0.2, 0.25) is 0 Å². The van der Waals surface area contributed by atoms with Crippen LogP contribution < -0.4 is 16.0 Å². The second-order valence-electron chi connectivity index (χ2n) is 10.7. The summed E-state index contributed by atoms with van der Waals surface area (Å²) in [6.07, 6.45) is -0.890. The lowest BCUT2D eigenvalue weighted by Crippen LogP contribution is -2.36. The zero-order chi connectivity index (χ0) is 30.3. The molecule has 3 heterocycles. The molecule has 1 aliphatic rings. The van der Waals surface area contributed by atoms with Crippen LogP contribution in [0.5, 0.6) is 0 Å². The van der Waals surface area contributed by atoms with Crippen LogP contribution in [0.1, 0.15) is 34.3 Å². The fraction of sp³-hybridized carbons (Fsp3) is 0.219. The summed E-state index contributed by atoms with van der Waals surface area (Å²) in [7, 11) is 0. The average molecular weight is 587 g/mol. The monoisotopic (exact) mass is 586 g/mol. The molecule has 11 heteroatoms. The molecule has 8 nitrogen and oxygen atoms in total. The molecule has 220 valence electrons. The van der Waals surface area contributed by atoms with Crippen molar-refractivity contribution < 1.29 is 23.1 Å². The Morgan fingerprint density at radius 1 is 1.00 bits per heavy atom. The van der Waals surface area contributed by atoms with Gasteiger partial charge in [0, 0.05) is 47.7 Å². The quantitative estimate of drug-likeness (QED) is 0.226. The molecule has 3 aromatic carbocycles. The van der Waals surface area contributed by atoms with Gasteiger partial charge in [0.05, 0.1) is 17.2 Å². The van der Waals surface area contributed by atoms with Crippen LogP contribution in [0.3, 0.4) is 0 Å². The van der Waals surface area contributed by atoms with Crippen molar-refractivity contribution in [2.75, 3.05) is 29.0 Å². The van der Waals surface area contributed by atoms with Crippen LogP contribution in [0.25, 0.3) is 27.8 Å². The number of halogens is 3. The third-order valence-corrected chi connectivity index (χ3v) is 7.76. The molecule has 0 bridgehead atoms. The van der Waals surface area contributed by atoms with Crippen LogP contribution in [0.4, 0.5) is 30.4 Å². The van der Waals surface area contributed by atoms with Crippen LogP contribution in [-0.2, 0) is 6.18 Å². The standard InChI is InChI=1S/C32H29F3N6O2/c1-19-2-5-24(16-27(19)21-4-3-20-6-11-41(28(20)14-21)30-17-29(36)37-18-38-30)39-31(43)22-12-23(32(33,34)35)15-25(13-22)40-9-7-26(42)8-10-40/h2-6,11-18,26,42H,7-10H2,1H3,(H,39,43)(H2,36,37,38). The van der Waals surface area contributed by atoms with Gasteiger partial charge in [-0.3, -0.25) is 4.79 Å². The number of alkyl halides is 3. The second kappa shape index (κ2) is 11.1. The van der Waals surface area contributed by atoms with Gasteiger partial charge in [-0.25, -0.2) is 9.97 Å². The van der Waals surface area contributed by atoms with E-state index in [0.717, 1.165) is 39.7 Å². The zero-order valence-electron chi connectivity index (χ0n) is 23.3. The molecule has 1 saturated heterocycles. The summed E-state index contributed by atoms with van der Waals surface area (Å²) < 4.78 is 43.3. The summed E-state index contributed by atoms with van der Waals surface area (Å²) in [5.74, 6) is 0.327. The molecular weight excluding hydrogens is 557 g/mol. The molecule has 1 aliphatic heterocycles. The van der Waals surface area contributed by atoms with E-state index in [1.54, 1.807) is 17.0 Å². The molecule has 0 spiro atoms. The number of fused-ring (bicyclic) bond motifs is 1. The Hall–Kier alpha value is -4.90. The smallest absolute Gasteiger partial charge is 0.393 e. The lowest BCUT2D eigenvalue weighted by Gasteiger charge is -2.32. The first-order valence-corrected chi connectivity index (χ1v) is 13.8. The van der Waals surface area contributed by atoms with Gasteiger partial charge in [-0.1, -0.05) is 18.2 Å². The van der Waals surface area contributed by atoms with Crippen molar-refractivity contribution in [1.82, 2.24) is 14.5 Å². The molecular formula is C32H29F3N6O2. The molecule has 6 rings (SSSR count). The van der Waals surface area contributed by atoms with Gasteiger partial charge < -0.3 is 25.6 Å².